The summed E-state index contributed by atoms with van der Waals surface area (Å²) in [5.74, 6) is 1.05. The van der Waals surface area contributed by atoms with Crippen LogP contribution in [-0.4, -0.2) is 12.1 Å². The number of rotatable bonds is 5. The van der Waals surface area contributed by atoms with E-state index in [1.807, 2.05) is 54.6 Å². The van der Waals surface area contributed by atoms with Gasteiger partial charge in [-0.05, 0) is 29.8 Å². The van der Waals surface area contributed by atoms with E-state index in [1.165, 1.54) is 6.21 Å². The highest BCUT2D eigenvalue weighted by Gasteiger charge is 2.04. The van der Waals surface area contributed by atoms with E-state index in [0.717, 1.165) is 11.1 Å². The smallest absolute Gasteiger partial charge is 0.244 e. The standard InChI is InChI=1S/C19H15ClN2O2/c20-16-8-4-7-15(12-16)18-10-9-17(24-18)13-21-22-19(23)11-14-5-2-1-3-6-14/h1-10,12-13H,11H2,(H,22,23)/b21-13+. The normalized spacial score (nSPS) is 10.9. The minimum atomic E-state index is -0.181. The van der Waals surface area contributed by atoms with Crippen LogP contribution in [-0.2, 0) is 11.2 Å². The van der Waals surface area contributed by atoms with E-state index in [9.17, 15) is 4.79 Å². The average molecular weight is 339 g/mol. The molecule has 24 heavy (non-hydrogen) atoms. The number of halogens is 1. The Hall–Kier alpha value is -2.85. The maximum absolute atomic E-state index is 11.8. The molecule has 0 fully saturated rings. The van der Waals surface area contributed by atoms with Gasteiger partial charge in [0.05, 0.1) is 12.6 Å². The molecule has 0 bridgehead atoms. The first-order valence-corrected chi connectivity index (χ1v) is 7.80. The maximum atomic E-state index is 11.8. The first-order chi connectivity index (χ1) is 11.7. The molecule has 4 nitrogen and oxygen atoms in total. The highest BCUT2D eigenvalue weighted by Crippen LogP contribution is 2.24. The average Bonchev–Trinajstić information content (AvgIpc) is 3.05. The van der Waals surface area contributed by atoms with Crippen molar-refractivity contribution in [3.63, 3.8) is 0 Å². The third-order valence-corrected chi connectivity index (χ3v) is 3.56. The molecule has 3 rings (SSSR count). The van der Waals surface area contributed by atoms with Crippen LogP contribution in [0, 0.1) is 0 Å². The number of furan rings is 1. The second kappa shape index (κ2) is 7.62. The monoisotopic (exact) mass is 338 g/mol. The predicted octanol–water partition coefficient (Wildman–Crippen LogP) is 4.29. The third-order valence-electron chi connectivity index (χ3n) is 3.32. The zero-order valence-corrected chi connectivity index (χ0v) is 13.5. The minimum absolute atomic E-state index is 0.181. The first-order valence-electron chi connectivity index (χ1n) is 7.42. The van der Waals surface area contributed by atoms with Crippen molar-refractivity contribution in [2.75, 3.05) is 0 Å². The van der Waals surface area contributed by atoms with Crippen molar-refractivity contribution in [2.45, 2.75) is 6.42 Å². The summed E-state index contributed by atoms with van der Waals surface area (Å²) in [5, 5.41) is 4.56. The fraction of sp³-hybridized carbons (Fsp3) is 0.0526. The van der Waals surface area contributed by atoms with E-state index >= 15 is 0 Å². The molecular formula is C19H15ClN2O2. The second-order valence-electron chi connectivity index (χ2n) is 5.17. The Morgan fingerprint density at radius 1 is 1.08 bits per heavy atom. The lowest BCUT2D eigenvalue weighted by Gasteiger charge is -1.99. The van der Waals surface area contributed by atoms with Gasteiger partial charge in [0.2, 0.25) is 5.91 Å². The lowest BCUT2D eigenvalue weighted by molar-refractivity contribution is -0.120. The molecule has 0 saturated carbocycles. The molecule has 0 unspecified atom stereocenters. The quantitative estimate of drug-likeness (QED) is 0.557. The van der Waals surface area contributed by atoms with E-state index in [4.69, 9.17) is 16.0 Å². The Morgan fingerprint density at radius 2 is 1.92 bits per heavy atom. The SMILES string of the molecule is O=C(Cc1ccccc1)N/N=C/c1ccc(-c2cccc(Cl)c2)o1. The van der Waals surface area contributed by atoms with Crippen LogP contribution in [0.2, 0.25) is 5.02 Å². The summed E-state index contributed by atoms with van der Waals surface area (Å²) in [6, 6.07) is 20.5. The van der Waals surface area contributed by atoms with E-state index in [1.54, 1.807) is 12.1 Å². The van der Waals surface area contributed by atoms with Gasteiger partial charge in [-0.25, -0.2) is 5.43 Å². The second-order valence-corrected chi connectivity index (χ2v) is 5.60. The molecule has 0 saturated heterocycles. The molecule has 3 aromatic rings. The van der Waals surface area contributed by atoms with Crippen molar-refractivity contribution in [1.29, 1.82) is 0 Å². The van der Waals surface area contributed by atoms with Gasteiger partial charge in [0.15, 0.2) is 0 Å². The number of hydrogen-bond donors (Lipinski definition) is 1. The third kappa shape index (κ3) is 4.33. The van der Waals surface area contributed by atoms with Crippen LogP contribution in [0.15, 0.2) is 76.2 Å². The van der Waals surface area contributed by atoms with Crippen molar-refractivity contribution in [3.8, 4) is 11.3 Å². The summed E-state index contributed by atoms with van der Waals surface area (Å²) in [5.41, 5.74) is 4.31. The number of carbonyl (C=O) groups is 1. The maximum Gasteiger partial charge on any atom is 0.244 e. The minimum Gasteiger partial charge on any atom is -0.455 e. The molecule has 0 aliphatic heterocycles. The van der Waals surface area contributed by atoms with Crippen LogP contribution < -0.4 is 5.43 Å². The van der Waals surface area contributed by atoms with Gasteiger partial charge in [0.1, 0.15) is 11.5 Å². The van der Waals surface area contributed by atoms with Gasteiger partial charge < -0.3 is 4.42 Å². The fourth-order valence-electron chi connectivity index (χ4n) is 2.21. The van der Waals surface area contributed by atoms with Crippen LogP contribution in [0.4, 0.5) is 0 Å². The summed E-state index contributed by atoms with van der Waals surface area (Å²) >= 11 is 5.97. The molecule has 1 N–H and O–H groups in total. The zero-order valence-electron chi connectivity index (χ0n) is 12.8. The Bertz CT molecular complexity index is 857. The summed E-state index contributed by atoms with van der Waals surface area (Å²) in [4.78, 5) is 11.8. The molecule has 1 amide bonds. The molecule has 5 heteroatoms. The van der Waals surface area contributed by atoms with Crippen molar-refractivity contribution in [3.05, 3.63) is 83.1 Å². The summed E-state index contributed by atoms with van der Waals surface area (Å²) in [6.45, 7) is 0. The Balaban J connectivity index is 1.58. The van der Waals surface area contributed by atoms with Crippen molar-refractivity contribution in [2.24, 2.45) is 5.10 Å². The largest absolute Gasteiger partial charge is 0.455 e. The number of benzene rings is 2. The van der Waals surface area contributed by atoms with Gasteiger partial charge in [-0.2, -0.15) is 5.10 Å². The van der Waals surface area contributed by atoms with E-state index in [2.05, 4.69) is 10.5 Å². The van der Waals surface area contributed by atoms with Crippen LogP contribution in [0.25, 0.3) is 11.3 Å². The Labute approximate surface area is 144 Å². The molecule has 0 aliphatic rings. The lowest BCUT2D eigenvalue weighted by atomic mass is 10.1. The molecule has 0 atom stereocenters. The molecule has 0 aliphatic carbocycles. The lowest BCUT2D eigenvalue weighted by Crippen LogP contribution is -2.19. The van der Waals surface area contributed by atoms with Gasteiger partial charge in [-0.3, -0.25) is 4.79 Å². The molecule has 120 valence electrons. The molecular weight excluding hydrogens is 324 g/mol. The number of nitrogens with one attached hydrogen (secondary N) is 1. The molecule has 2 aromatic carbocycles. The summed E-state index contributed by atoms with van der Waals surface area (Å²) < 4.78 is 5.67. The van der Waals surface area contributed by atoms with Crippen LogP contribution in [0.3, 0.4) is 0 Å². The fourth-order valence-corrected chi connectivity index (χ4v) is 2.40. The number of amides is 1. The number of hydrogen-bond acceptors (Lipinski definition) is 3. The molecule has 0 spiro atoms. The van der Waals surface area contributed by atoms with E-state index in [0.29, 0.717) is 16.5 Å². The predicted molar refractivity (Wildman–Crippen MR) is 95.0 cm³/mol. The Kier molecular flexibility index (Phi) is 5.08. The van der Waals surface area contributed by atoms with Gasteiger partial charge in [-0.15, -0.1) is 0 Å². The number of carbonyl (C=O) groups excluding carboxylic acids is 1. The molecule has 1 heterocycles. The van der Waals surface area contributed by atoms with Gasteiger partial charge in [-0.1, -0.05) is 54.1 Å². The van der Waals surface area contributed by atoms with Gasteiger partial charge in [0, 0.05) is 10.6 Å². The van der Waals surface area contributed by atoms with Crippen molar-refractivity contribution in [1.82, 2.24) is 5.43 Å². The van der Waals surface area contributed by atoms with Gasteiger partial charge in [0.25, 0.3) is 0 Å². The number of hydrazone groups is 1. The topological polar surface area (TPSA) is 54.6 Å². The molecule has 1 aromatic heterocycles. The number of nitrogens with zero attached hydrogens (tertiary/aromatic N) is 1. The van der Waals surface area contributed by atoms with E-state index in [-0.39, 0.29) is 12.3 Å². The Morgan fingerprint density at radius 3 is 2.71 bits per heavy atom. The van der Waals surface area contributed by atoms with E-state index < -0.39 is 0 Å². The summed E-state index contributed by atoms with van der Waals surface area (Å²) in [6.07, 6.45) is 1.75. The highest BCUT2D eigenvalue weighted by molar-refractivity contribution is 6.30. The van der Waals surface area contributed by atoms with Crippen LogP contribution in [0.1, 0.15) is 11.3 Å². The summed E-state index contributed by atoms with van der Waals surface area (Å²) in [7, 11) is 0. The van der Waals surface area contributed by atoms with Crippen molar-refractivity contribution >= 4 is 23.7 Å². The van der Waals surface area contributed by atoms with Crippen molar-refractivity contribution < 1.29 is 9.21 Å². The first kappa shape index (κ1) is 16.0. The van der Waals surface area contributed by atoms with Gasteiger partial charge >= 0.3 is 0 Å². The van der Waals surface area contributed by atoms with Crippen LogP contribution >= 0.6 is 11.6 Å². The zero-order chi connectivity index (χ0) is 16.8. The highest BCUT2D eigenvalue weighted by atomic mass is 35.5. The molecule has 0 radical (unpaired) electrons. The van der Waals surface area contributed by atoms with Crippen LogP contribution in [0.5, 0.6) is 0 Å².